The number of hydrogen-bond acceptors (Lipinski definition) is 6. The molecule has 8 heteroatoms. The van der Waals surface area contributed by atoms with Gasteiger partial charge >= 0.3 is 0 Å². The number of methoxy groups -OCH3 is 1. The summed E-state index contributed by atoms with van der Waals surface area (Å²) in [6.07, 6.45) is 3.25. The number of rotatable bonds is 7. The zero-order valence-corrected chi connectivity index (χ0v) is 17.7. The molecule has 4 rings (SSSR count). The zero-order chi connectivity index (χ0) is 21.8. The first kappa shape index (κ1) is 20.9. The van der Waals surface area contributed by atoms with Gasteiger partial charge in [0.1, 0.15) is 5.75 Å². The van der Waals surface area contributed by atoms with Gasteiger partial charge in [-0.3, -0.25) is 9.59 Å². The molecule has 1 N–H and O–H groups in total. The monoisotopic (exact) mass is 435 g/mol. The molecule has 0 saturated heterocycles. The lowest BCUT2D eigenvalue weighted by Gasteiger charge is -2.09. The van der Waals surface area contributed by atoms with Crippen LogP contribution in [0.3, 0.4) is 0 Å². The normalized spacial score (nSPS) is 11.0. The number of ether oxygens (including phenoxy) is 1. The molecule has 0 aliphatic heterocycles. The summed E-state index contributed by atoms with van der Waals surface area (Å²) in [5.74, 6) is 0.800. The Kier molecular flexibility index (Phi) is 6.20. The molecule has 0 saturated carbocycles. The molecule has 7 nitrogen and oxygen atoms in total. The number of aromatic nitrogens is 3. The maximum Gasteiger partial charge on any atom is 0.274 e. The van der Waals surface area contributed by atoms with E-state index in [9.17, 15) is 9.59 Å². The Hall–Kier alpha value is -3.36. The molecular weight excluding hydrogens is 414 g/mol. The molecule has 0 fully saturated rings. The van der Waals surface area contributed by atoms with Crippen molar-refractivity contribution in [3.05, 3.63) is 93.3 Å². The Morgan fingerprint density at radius 2 is 1.81 bits per heavy atom. The molecule has 4 aromatic rings. The fraction of sp³-hybridized carbons (Fsp3) is 0.174. The van der Waals surface area contributed by atoms with Crippen LogP contribution in [0.4, 0.5) is 0 Å². The first-order valence-corrected chi connectivity index (χ1v) is 10.5. The molecular formula is C23H21N3O4S. The van der Waals surface area contributed by atoms with Gasteiger partial charge in [0.15, 0.2) is 0 Å². The Morgan fingerprint density at radius 1 is 1.03 bits per heavy atom. The number of aliphatic hydroxyl groups excluding tert-OH is 1. The quantitative estimate of drug-likeness (QED) is 0.480. The molecule has 31 heavy (non-hydrogen) atoms. The van der Waals surface area contributed by atoms with Crippen LogP contribution in [0.1, 0.15) is 5.56 Å². The molecule has 158 valence electrons. The van der Waals surface area contributed by atoms with Gasteiger partial charge in [-0.05, 0) is 48.5 Å². The third-order valence-electron chi connectivity index (χ3n) is 4.88. The minimum Gasteiger partial charge on any atom is -0.497 e. The Morgan fingerprint density at radius 3 is 2.55 bits per heavy atom. The maximum absolute atomic E-state index is 12.9. The predicted molar refractivity (Wildman–Crippen MR) is 120 cm³/mol. The van der Waals surface area contributed by atoms with E-state index < -0.39 is 0 Å². The van der Waals surface area contributed by atoms with Crippen LogP contribution in [0.15, 0.2) is 86.4 Å². The van der Waals surface area contributed by atoms with E-state index in [4.69, 9.17) is 9.84 Å². The van der Waals surface area contributed by atoms with Gasteiger partial charge in [-0.15, -0.1) is 0 Å². The second-order valence-electron chi connectivity index (χ2n) is 6.89. The van der Waals surface area contributed by atoms with Crippen LogP contribution in [-0.4, -0.2) is 33.2 Å². The molecule has 0 unspecified atom stereocenters. The van der Waals surface area contributed by atoms with Crippen LogP contribution < -0.4 is 15.9 Å². The van der Waals surface area contributed by atoms with Crippen LogP contribution >= 0.6 is 11.8 Å². The number of fused-ring (bicyclic) bond motifs is 1. The van der Waals surface area contributed by atoms with Crippen molar-refractivity contribution in [3.63, 3.8) is 0 Å². The molecule has 0 atom stereocenters. The van der Waals surface area contributed by atoms with Crippen molar-refractivity contribution in [2.45, 2.75) is 22.9 Å². The smallest absolute Gasteiger partial charge is 0.274 e. The standard InChI is InChI=1S/C23H21N3O4S/c1-30-18-4-6-19(7-5-18)31-20-8-9-21-17(13-20)14-24-26(23(21)29)15-16-3-2-10-25(11-12-27)22(16)28/h2-10,13-14,27H,11-12,15H2,1H3. The van der Waals surface area contributed by atoms with Crippen molar-refractivity contribution >= 4 is 22.5 Å². The molecule has 0 aliphatic carbocycles. The van der Waals surface area contributed by atoms with Crippen molar-refractivity contribution in [2.24, 2.45) is 0 Å². The van der Waals surface area contributed by atoms with E-state index in [0.717, 1.165) is 20.9 Å². The average molecular weight is 436 g/mol. The zero-order valence-electron chi connectivity index (χ0n) is 16.9. The lowest BCUT2D eigenvalue weighted by molar-refractivity contribution is 0.274. The van der Waals surface area contributed by atoms with Crippen LogP contribution in [-0.2, 0) is 13.1 Å². The summed E-state index contributed by atoms with van der Waals surface area (Å²) < 4.78 is 7.89. The molecule has 2 heterocycles. The number of pyridine rings is 1. The average Bonchev–Trinajstić information content (AvgIpc) is 2.79. The van der Waals surface area contributed by atoms with Gasteiger partial charge in [-0.25, -0.2) is 4.68 Å². The summed E-state index contributed by atoms with van der Waals surface area (Å²) in [6.45, 7) is 0.151. The maximum atomic E-state index is 12.9. The van der Waals surface area contributed by atoms with E-state index in [-0.39, 0.29) is 30.8 Å². The fourth-order valence-corrected chi connectivity index (χ4v) is 4.14. The summed E-state index contributed by atoms with van der Waals surface area (Å²) in [5, 5.41) is 14.6. The van der Waals surface area contributed by atoms with Crippen LogP contribution in [0.2, 0.25) is 0 Å². The lowest BCUT2D eigenvalue weighted by atomic mass is 10.2. The minimum absolute atomic E-state index is 0.0717. The van der Waals surface area contributed by atoms with E-state index in [0.29, 0.717) is 10.9 Å². The van der Waals surface area contributed by atoms with Gasteiger partial charge < -0.3 is 14.4 Å². The second kappa shape index (κ2) is 9.20. The van der Waals surface area contributed by atoms with Gasteiger partial charge in [0.2, 0.25) is 0 Å². The lowest BCUT2D eigenvalue weighted by Crippen LogP contribution is -2.29. The first-order chi connectivity index (χ1) is 15.1. The summed E-state index contributed by atoms with van der Waals surface area (Å²) in [4.78, 5) is 27.5. The topological polar surface area (TPSA) is 86.4 Å². The number of hydrogen-bond donors (Lipinski definition) is 1. The van der Waals surface area contributed by atoms with E-state index in [1.165, 1.54) is 9.25 Å². The largest absolute Gasteiger partial charge is 0.497 e. The van der Waals surface area contributed by atoms with Gasteiger partial charge in [0.05, 0.1) is 31.8 Å². The number of aliphatic hydroxyl groups is 1. The highest BCUT2D eigenvalue weighted by Gasteiger charge is 2.10. The van der Waals surface area contributed by atoms with Gasteiger partial charge in [-0.1, -0.05) is 17.8 Å². The van der Waals surface area contributed by atoms with Crippen LogP contribution in [0.5, 0.6) is 5.75 Å². The molecule has 0 spiro atoms. The van der Waals surface area contributed by atoms with Crippen molar-refractivity contribution in [2.75, 3.05) is 13.7 Å². The minimum atomic E-state index is -0.254. The molecule has 0 bridgehead atoms. The van der Waals surface area contributed by atoms with Crippen molar-refractivity contribution in [3.8, 4) is 5.75 Å². The van der Waals surface area contributed by atoms with E-state index in [2.05, 4.69) is 5.10 Å². The highest BCUT2D eigenvalue weighted by atomic mass is 32.2. The van der Waals surface area contributed by atoms with E-state index in [1.54, 1.807) is 49.5 Å². The first-order valence-electron chi connectivity index (χ1n) is 9.70. The summed E-state index contributed by atoms with van der Waals surface area (Å²) in [6, 6.07) is 16.8. The van der Waals surface area contributed by atoms with E-state index in [1.807, 2.05) is 36.4 Å². The Labute approximate surface area is 182 Å². The third kappa shape index (κ3) is 4.55. The number of nitrogens with zero attached hydrogens (tertiary/aromatic N) is 3. The van der Waals surface area contributed by atoms with Gasteiger partial charge in [-0.2, -0.15) is 5.10 Å². The predicted octanol–water partition coefficient (Wildman–Crippen LogP) is 2.76. The Bertz CT molecular complexity index is 1330. The molecule has 2 aromatic carbocycles. The summed E-state index contributed by atoms with van der Waals surface area (Å²) >= 11 is 1.59. The van der Waals surface area contributed by atoms with Crippen molar-refractivity contribution in [1.82, 2.24) is 14.3 Å². The molecule has 0 aliphatic rings. The van der Waals surface area contributed by atoms with E-state index >= 15 is 0 Å². The van der Waals surface area contributed by atoms with Crippen LogP contribution in [0.25, 0.3) is 10.8 Å². The summed E-state index contributed by atoms with van der Waals surface area (Å²) in [7, 11) is 1.63. The van der Waals surface area contributed by atoms with Crippen molar-refractivity contribution in [1.29, 1.82) is 0 Å². The molecule has 0 radical (unpaired) electrons. The fourth-order valence-electron chi connectivity index (χ4n) is 3.27. The van der Waals surface area contributed by atoms with Gasteiger partial charge in [0.25, 0.3) is 11.1 Å². The number of benzene rings is 2. The molecule has 2 aromatic heterocycles. The summed E-state index contributed by atoms with van der Waals surface area (Å²) in [5.41, 5.74) is -0.0522. The second-order valence-corrected chi connectivity index (χ2v) is 8.04. The Balaban J connectivity index is 1.61. The van der Waals surface area contributed by atoms with Crippen LogP contribution in [0, 0.1) is 0 Å². The third-order valence-corrected chi connectivity index (χ3v) is 5.88. The SMILES string of the molecule is COc1ccc(Sc2ccc3c(=O)n(Cc4cccn(CCO)c4=O)ncc3c2)cc1. The molecule has 0 amide bonds. The highest BCUT2D eigenvalue weighted by Crippen LogP contribution is 2.30. The highest BCUT2D eigenvalue weighted by molar-refractivity contribution is 7.99. The van der Waals surface area contributed by atoms with Gasteiger partial charge in [0, 0.05) is 33.5 Å². The van der Waals surface area contributed by atoms with Crippen molar-refractivity contribution < 1.29 is 9.84 Å².